The highest BCUT2D eigenvalue weighted by Crippen LogP contribution is 2.38. The van der Waals surface area contributed by atoms with E-state index in [1.165, 1.54) is 36.8 Å². The summed E-state index contributed by atoms with van der Waals surface area (Å²) in [7, 11) is 0. The number of benzene rings is 1. The zero-order chi connectivity index (χ0) is 13.7. The minimum absolute atomic E-state index is 0.424. The number of hydrogen-bond acceptors (Lipinski definition) is 2. The van der Waals surface area contributed by atoms with Crippen LogP contribution < -0.4 is 11.1 Å². The highest BCUT2D eigenvalue weighted by Gasteiger charge is 2.31. The molecule has 19 heavy (non-hydrogen) atoms. The van der Waals surface area contributed by atoms with Crippen LogP contribution in [-0.4, -0.2) is 6.54 Å². The normalized spacial score (nSPS) is 17.0. The molecule has 1 saturated carbocycles. The first-order valence-electron chi connectivity index (χ1n) is 7.60. The Morgan fingerprint density at radius 2 is 1.68 bits per heavy atom. The van der Waals surface area contributed by atoms with E-state index in [9.17, 15) is 0 Å². The standard InChI is InChI=1S/C17H28N2/c1-17(2,16-5-3-4-6-16)13-19-12-15-9-7-14(11-18)8-10-15/h7-10,16,19H,3-6,11-13,18H2,1-2H3. The summed E-state index contributed by atoms with van der Waals surface area (Å²) < 4.78 is 0. The van der Waals surface area contributed by atoms with E-state index >= 15 is 0 Å². The second-order valence-electron chi connectivity index (χ2n) is 6.59. The molecular formula is C17H28N2. The monoisotopic (exact) mass is 260 g/mol. The molecule has 2 rings (SSSR count). The van der Waals surface area contributed by atoms with Crippen LogP contribution in [-0.2, 0) is 13.1 Å². The summed E-state index contributed by atoms with van der Waals surface area (Å²) in [5.41, 5.74) is 8.59. The summed E-state index contributed by atoms with van der Waals surface area (Å²) in [4.78, 5) is 0. The molecule has 0 bridgehead atoms. The van der Waals surface area contributed by atoms with Crippen molar-refractivity contribution in [2.45, 2.75) is 52.6 Å². The van der Waals surface area contributed by atoms with Crippen molar-refractivity contribution in [3.05, 3.63) is 35.4 Å². The zero-order valence-corrected chi connectivity index (χ0v) is 12.4. The number of rotatable bonds is 6. The molecule has 0 aliphatic heterocycles. The predicted molar refractivity (Wildman–Crippen MR) is 81.8 cm³/mol. The molecule has 0 spiro atoms. The Hall–Kier alpha value is -0.860. The third-order valence-corrected chi connectivity index (χ3v) is 4.63. The molecule has 3 N–H and O–H groups in total. The quantitative estimate of drug-likeness (QED) is 0.822. The molecule has 0 amide bonds. The summed E-state index contributed by atoms with van der Waals surface area (Å²) in [6.45, 7) is 7.51. The van der Waals surface area contributed by atoms with Gasteiger partial charge in [0, 0.05) is 19.6 Å². The van der Waals surface area contributed by atoms with Gasteiger partial charge in [0.25, 0.3) is 0 Å². The smallest absolute Gasteiger partial charge is 0.0205 e. The van der Waals surface area contributed by atoms with Crippen LogP contribution in [0.2, 0.25) is 0 Å². The van der Waals surface area contributed by atoms with Gasteiger partial charge >= 0.3 is 0 Å². The largest absolute Gasteiger partial charge is 0.326 e. The van der Waals surface area contributed by atoms with Crippen LogP contribution in [0.15, 0.2) is 24.3 Å². The van der Waals surface area contributed by atoms with Gasteiger partial charge in [0.15, 0.2) is 0 Å². The fourth-order valence-corrected chi connectivity index (χ4v) is 3.17. The topological polar surface area (TPSA) is 38.0 Å². The lowest BCUT2D eigenvalue weighted by molar-refractivity contribution is 0.208. The van der Waals surface area contributed by atoms with Crippen LogP contribution in [0.5, 0.6) is 0 Å². The Labute approximate surface area is 117 Å². The minimum Gasteiger partial charge on any atom is -0.326 e. The average Bonchev–Trinajstić information content (AvgIpc) is 2.94. The molecule has 1 aromatic rings. The highest BCUT2D eigenvalue weighted by molar-refractivity contribution is 5.22. The number of nitrogens with one attached hydrogen (secondary N) is 1. The van der Waals surface area contributed by atoms with Crippen LogP contribution >= 0.6 is 0 Å². The van der Waals surface area contributed by atoms with Crippen LogP contribution in [0, 0.1) is 11.3 Å². The molecule has 0 atom stereocenters. The SMILES string of the molecule is CC(C)(CNCc1ccc(CN)cc1)C1CCCC1. The van der Waals surface area contributed by atoms with E-state index in [1.807, 2.05) is 0 Å². The first-order chi connectivity index (χ1) is 9.12. The van der Waals surface area contributed by atoms with E-state index < -0.39 is 0 Å². The molecule has 0 radical (unpaired) electrons. The molecule has 1 aliphatic rings. The van der Waals surface area contributed by atoms with Gasteiger partial charge in [0.1, 0.15) is 0 Å². The molecule has 1 aromatic carbocycles. The molecular weight excluding hydrogens is 232 g/mol. The summed E-state index contributed by atoms with van der Waals surface area (Å²) >= 11 is 0. The second-order valence-corrected chi connectivity index (χ2v) is 6.59. The van der Waals surface area contributed by atoms with Crippen LogP contribution in [0.25, 0.3) is 0 Å². The molecule has 0 heterocycles. The maximum atomic E-state index is 5.61. The van der Waals surface area contributed by atoms with Crippen molar-refractivity contribution >= 4 is 0 Å². The number of hydrogen-bond donors (Lipinski definition) is 2. The molecule has 106 valence electrons. The molecule has 2 nitrogen and oxygen atoms in total. The van der Waals surface area contributed by atoms with Gasteiger partial charge in [-0.3, -0.25) is 0 Å². The maximum absolute atomic E-state index is 5.61. The van der Waals surface area contributed by atoms with Crippen molar-refractivity contribution in [1.29, 1.82) is 0 Å². The van der Waals surface area contributed by atoms with Gasteiger partial charge in [-0.25, -0.2) is 0 Å². The molecule has 2 heteroatoms. The fourth-order valence-electron chi connectivity index (χ4n) is 3.17. The van der Waals surface area contributed by atoms with Gasteiger partial charge in [0.05, 0.1) is 0 Å². The highest BCUT2D eigenvalue weighted by atomic mass is 14.9. The summed E-state index contributed by atoms with van der Waals surface area (Å²) in [5, 5.41) is 3.63. The molecule has 0 aromatic heterocycles. The van der Waals surface area contributed by atoms with Crippen LogP contribution in [0.4, 0.5) is 0 Å². The van der Waals surface area contributed by atoms with Crippen LogP contribution in [0.3, 0.4) is 0 Å². The maximum Gasteiger partial charge on any atom is 0.0205 e. The number of nitrogens with two attached hydrogens (primary N) is 1. The molecule has 0 saturated heterocycles. The molecule has 1 fully saturated rings. The Kier molecular flexibility index (Phi) is 5.00. The Bertz CT molecular complexity index is 375. The minimum atomic E-state index is 0.424. The molecule has 1 aliphatic carbocycles. The van der Waals surface area contributed by atoms with Gasteiger partial charge in [-0.05, 0) is 35.3 Å². The lowest BCUT2D eigenvalue weighted by Gasteiger charge is -2.32. The van der Waals surface area contributed by atoms with Gasteiger partial charge in [-0.15, -0.1) is 0 Å². The summed E-state index contributed by atoms with van der Waals surface area (Å²) in [6, 6.07) is 8.60. The van der Waals surface area contributed by atoms with Crippen LogP contribution in [0.1, 0.15) is 50.7 Å². The third kappa shape index (κ3) is 4.05. The van der Waals surface area contributed by atoms with Crippen molar-refractivity contribution in [1.82, 2.24) is 5.32 Å². The van der Waals surface area contributed by atoms with Crippen molar-refractivity contribution in [2.75, 3.05) is 6.54 Å². The van der Waals surface area contributed by atoms with Gasteiger partial charge in [-0.2, -0.15) is 0 Å². The first-order valence-corrected chi connectivity index (χ1v) is 7.60. The molecule has 0 unspecified atom stereocenters. The lowest BCUT2D eigenvalue weighted by atomic mass is 9.77. The van der Waals surface area contributed by atoms with E-state index in [0.717, 1.165) is 19.0 Å². The van der Waals surface area contributed by atoms with Crippen molar-refractivity contribution in [2.24, 2.45) is 17.1 Å². The Morgan fingerprint density at radius 3 is 2.26 bits per heavy atom. The summed E-state index contributed by atoms with van der Waals surface area (Å²) in [5.74, 6) is 0.902. The van der Waals surface area contributed by atoms with Crippen molar-refractivity contribution in [3.63, 3.8) is 0 Å². The first kappa shape index (κ1) is 14.5. The van der Waals surface area contributed by atoms with E-state index in [4.69, 9.17) is 5.73 Å². The Morgan fingerprint density at radius 1 is 1.11 bits per heavy atom. The fraction of sp³-hybridized carbons (Fsp3) is 0.647. The lowest BCUT2D eigenvalue weighted by Crippen LogP contribution is -2.34. The van der Waals surface area contributed by atoms with E-state index in [-0.39, 0.29) is 0 Å². The second kappa shape index (κ2) is 6.53. The zero-order valence-electron chi connectivity index (χ0n) is 12.4. The van der Waals surface area contributed by atoms with Crippen molar-refractivity contribution < 1.29 is 0 Å². The predicted octanol–water partition coefficient (Wildman–Crippen LogP) is 3.45. The van der Waals surface area contributed by atoms with Gasteiger partial charge < -0.3 is 11.1 Å². The summed E-state index contributed by atoms with van der Waals surface area (Å²) in [6.07, 6.45) is 5.68. The third-order valence-electron chi connectivity index (χ3n) is 4.63. The van der Waals surface area contributed by atoms with E-state index in [1.54, 1.807) is 0 Å². The van der Waals surface area contributed by atoms with Gasteiger partial charge in [0.2, 0.25) is 0 Å². The van der Waals surface area contributed by atoms with Gasteiger partial charge in [-0.1, -0.05) is 51.0 Å². The van der Waals surface area contributed by atoms with E-state index in [2.05, 4.69) is 43.4 Å². The van der Waals surface area contributed by atoms with Crippen molar-refractivity contribution in [3.8, 4) is 0 Å². The average molecular weight is 260 g/mol. The Balaban J connectivity index is 1.78. The van der Waals surface area contributed by atoms with E-state index in [0.29, 0.717) is 12.0 Å².